The van der Waals surface area contributed by atoms with Crippen LogP contribution in [-0.4, -0.2) is 35.8 Å². The molecule has 1 aliphatic heterocycles. The molecule has 2 heterocycles. The van der Waals surface area contributed by atoms with Crippen molar-refractivity contribution in [2.24, 2.45) is 5.92 Å². The summed E-state index contributed by atoms with van der Waals surface area (Å²) >= 11 is 1.47. The number of nitrogens with one attached hydrogen (secondary N) is 1. The van der Waals surface area contributed by atoms with Crippen LogP contribution in [0.2, 0.25) is 0 Å². The van der Waals surface area contributed by atoms with Gasteiger partial charge in [-0.25, -0.2) is 0 Å². The Kier molecular flexibility index (Phi) is 6.45. The van der Waals surface area contributed by atoms with E-state index in [1.807, 2.05) is 40.6 Å². The highest BCUT2D eigenvalue weighted by Crippen LogP contribution is 2.21. The molecule has 3 rings (SSSR count). The van der Waals surface area contributed by atoms with Crippen molar-refractivity contribution < 1.29 is 9.59 Å². The smallest absolute Gasteiger partial charge is 0.263 e. The lowest BCUT2D eigenvalue weighted by Crippen LogP contribution is -2.44. The first-order valence-corrected chi connectivity index (χ1v) is 10.2. The fraction of sp³-hybridized carbons (Fsp3) is 0.429. The predicted octanol–water partition coefficient (Wildman–Crippen LogP) is 3.74. The molecule has 2 aromatic rings. The average molecular weight is 371 g/mol. The molecular formula is C21H26N2O2S. The standard InChI is InChI=1S/C21H26N2O2S/c1-16(9-10-17-6-3-2-4-7-17)22-20(24)18-11-13-23(14-12-18)21(25)19-8-5-15-26-19/h2-8,15-16,18H,9-14H2,1H3,(H,22,24)/t16-/m1/s1. The molecule has 0 bridgehead atoms. The first-order valence-electron chi connectivity index (χ1n) is 9.30. The van der Waals surface area contributed by atoms with Crippen LogP contribution in [0.4, 0.5) is 0 Å². The van der Waals surface area contributed by atoms with Crippen molar-refractivity contribution in [2.45, 2.75) is 38.6 Å². The molecule has 0 spiro atoms. The summed E-state index contributed by atoms with van der Waals surface area (Å²) in [5, 5.41) is 5.07. The molecule has 1 atom stereocenters. The second-order valence-electron chi connectivity index (χ2n) is 6.98. The van der Waals surface area contributed by atoms with Crippen molar-refractivity contribution in [2.75, 3.05) is 13.1 Å². The summed E-state index contributed by atoms with van der Waals surface area (Å²) in [6.45, 7) is 3.39. The molecule has 4 nitrogen and oxygen atoms in total. The average Bonchev–Trinajstić information content (AvgIpc) is 3.21. The quantitative estimate of drug-likeness (QED) is 0.842. The highest BCUT2D eigenvalue weighted by Gasteiger charge is 2.28. The topological polar surface area (TPSA) is 49.4 Å². The van der Waals surface area contributed by atoms with E-state index in [2.05, 4.69) is 24.4 Å². The molecule has 0 unspecified atom stereocenters. The number of carbonyl (C=O) groups is 2. The van der Waals surface area contributed by atoms with Gasteiger partial charge in [0.2, 0.25) is 5.91 Å². The zero-order valence-corrected chi connectivity index (χ0v) is 16.0. The van der Waals surface area contributed by atoms with Gasteiger partial charge < -0.3 is 10.2 Å². The Morgan fingerprint density at radius 3 is 2.54 bits per heavy atom. The van der Waals surface area contributed by atoms with Crippen molar-refractivity contribution in [1.29, 1.82) is 0 Å². The van der Waals surface area contributed by atoms with Gasteiger partial charge >= 0.3 is 0 Å². The summed E-state index contributed by atoms with van der Waals surface area (Å²) in [4.78, 5) is 27.5. The highest BCUT2D eigenvalue weighted by molar-refractivity contribution is 7.12. The van der Waals surface area contributed by atoms with Crippen LogP contribution in [-0.2, 0) is 11.2 Å². The van der Waals surface area contributed by atoms with Crippen molar-refractivity contribution in [3.63, 3.8) is 0 Å². The van der Waals surface area contributed by atoms with Crippen LogP contribution < -0.4 is 5.32 Å². The molecule has 0 saturated carbocycles. The molecule has 5 heteroatoms. The lowest BCUT2D eigenvalue weighted by atomic mass is 9.95. The summed E-state index contributed by atoms with van der Waals surface area (Å²) in [6, 6.07) is 14.3. The van der Waals surface area contributed by atoms with E-state index in [0.29, 0.717) is 13.1 Å². The maximum Gasteiger partial charge on any atom is 0.263 e. The second-order valence-corrected chi connectivity index (χ2v) is 7.93. The first-order chi connectivity index (χ1) is 12.6. The van der Waals surface area contributed by atoms with Crippen LogP contribution in [0.25, 0.3) is 0 Å². The van der Waals surface area contributed by atoms with Gasteiger partial charge in [0.1, 0.15) is 0 Å². The van der Waals surface area contributed by atoms with Crippen LogP contribution in [0.5, 0.6) is 0 Å². The third-order valence-corrected chi connectivity index (χ3v) is 5.84. The maximum atomic E-state index is 12.5. The predicted molar refractivity (Wildman–Crippen MR) is 105 cm³/mol. The van der Waals surface area contributed by atoms with Crippen molar-refractivity contribution in [3.05, 3.63) is 58.3 Å². The fourth-order valence-electron chi connectivity index (χ4n) is 3.36. The number of likely N-dealkylation sites (tertiary alicyclic amines) is 1. The molecular weight excluding hydrogens is 344 g/mol. The van der Waals surface area contributed by atoms with Gasteiger partial charge in [-0.2, -0.15) is 0 Å². The van der Waals surface area contributed by atoms with E-state index in [-0.39, 0.29) is 23.8 Å². The van der Waals surface area contributed by atoms with Crippen LogP contribution >= 0.6 is 11.3 Å². The van der Waals surface area contributed by atoms with E-state index in [0.717, 1.165) is 30.6 Å². The van der Waals surface area contributed by atoms with Crippen molar-refractivity contribution in [1.82, 2.24) is 10.2 Å². The third-order valence-electron chi connectivity index (χ3n) is 4.98. The van der Waals surface area contributed by atoms with Gasteiger partial charge in [-0.15, -0.1) is 11.3 Å². The summed E-state index contributed by atoms with van der Waals surface area (Å²) < 4.78 is 0. The minimum atomic E-state index is 0.0153. The zero-order chi connectivity index (χ0) is 18.4. The summed E-state index contributed by atoms with van der Waals surface area (Å²) in [6.07, 6.45) is 3.39. The second kappa shape index (κ2) is 8.99. The number of benzene rings is 1. The molecule has 26 heavy (non-hydrogen) atoms. The van der Waals surface area contributed by atoms with Gasteiger partial charge in [0.05, 0.1) is 4.88 Å². The number of hydrogen-bond acceptors (Lipinski definition) is 3. The Hall–Kier alpha value is -2.14. The number of carbonyl (C=O) groups excluding carboxylic acids is 2. The van der Waals surface area contributed by atoms with E-state index in [1.165, 1.54) is 16.9 Å². The molecule has 138 valence electrons. The molecule has 1 saturated heterocycles. The molecule has 1 fully saturated rings. The lowest BCUT2D eigenvalue weighted by molar-refractivity contribution is -0.126. The Bertz CT molecular complexity index is 707. The normalized spacial score (nSPS) is 16.3. The third kappa shape index (κ3) is 4.94. The lowest BCUT2D eigenvalue weighted by Gasteiger charge is -2.31. The molecule has 1 aromatic heterocycles. The summed E-state index contributed by atoms with van der Waals surface area (Å²) in [7, 11) is 0. The van der Waals surface area contributed by atoms with E-state index in [4.69, 9.17) is 0 Å². The summed E-state index contributed by atoms with van der Waals surface area (Å²) in [5.74, 6) is 0.241. The maximum absolute atomic E-state index is 12.5. The minimum absolute atomic E-state index is 0.0153. The largest absolute Gasteiger partial charge is 0.353 e. The van der Waals surface area contributed by atoms with Gasteiger partial charge in [-0.1, -0.05) is 36.4 Å². The van der Waals surface area contributed by atoms with Gasteiger partial charge in [0, 0.05) is 25.0 Å². The van der Waals surface area contributed by atoms with Gasteiger partial charge in [-0.05, 0) is 49.6 Å². The van der Waals surface area contributed by atoms with E-state index >= 15 is 0 Å². The van der Waals surface area contributed by atoms with E-state index in [9.17, 15) is 9.59 Å². The number of nitrogens with zero attached hydrogens (tertiary/aromatic N) is 1. The Labute approximate surface area is 159 Å². The first kappa shape index (κ1) is 18.6. The molecule has 1 aliphatic rings. The number of rotatable bonds is 6. The molecule has 1 N–H and O–H groups in total. The summed E-state index contributed by atoms with van der Waals surface area (Å²) in [5.41, 5.74) is 1.30. The Balaban J connectivity index is 1.41. The van der Waals surface area contributed by atoms with Gasteiger partial charge in [0.25, 0.3) is 5.91 Å². The fourth-order valence-corrected chi connectivity index (χ4v) is 4.05. The number of amides is 2. The number of hydrogen-bond donors (Lipinski definition) is 1. The van der Waals surface area contributed by atoms with Crippen LogP contribution in [0.15, 0.2) is 47.8 Å². The Morgan fingerprint density at radius 2 is 1.88 bits per heavy atom. The van der Waals surface area contributed by atoms with Crippen molar-refractivity contribution in [3.8, 4) is 0 Å². The van der Waals surface area contributed by atoms with Gasteiger partial charge in [-0.3, -0.25) is 9.59 Å². The highest BCUT2D eigenvalue weighted by atomic mass is 32.1. The van der Waals surface area contributed by atoms with Gasteiger partial charge in [0.15, 0.2) is 0 Å². The molecule has 2 amide bonds. The van der Waals surface area contributed by atoms with E-state index < -0.39 is 0 Å². The number of aryl methyl sites for hydroxylation is 1. The molecule has 1 aromatic carbocycles. The SMILES string of the molecule is C[C@H](CCc1ccccc1)NC(=O)C1CCN(C(=O)c2cccs2)CC1. The number of piperidine rings is 1. The molecule has 0 aliphatic carbocycles. The van der Waals surface area contributed by atoms with E-state index in [1.54, 1.807) is 0 Å². The zero-order valence-electron chi connectivity index (χ0n) is 15.2. The van der Waals surface area contributed by atoms with Crippen LogP contribution in [0.1, 0.15) is 41.4 Å². The monoisotopic (exact) mass is 370 g/mol. The van der Waals surface area contributed by atoms with Crippen LogP contribution in [0.3, 0.4) is 0 Å². The number of thiophene rings is 1. The minimum Gasteiger partial charge on any atom is -0.353 e. The van der Waals surface area contributed by atoms with Crippen LogP contribution in [0, 0.1) is 5.92 Å². The van der Waals surface area contributed by atoms with Crippen molar-refractivity contribution >= 4 is 23.2 Å². The molecule has 0 radical (unpaired) electrons. The Morgan fingerprint density at radius 1 is 1.15 bits per heavy atom.